The van der Waals surface area contributed by atoms with E-state index in [-0.39, 0.29) is 0 Å². The predicted molar refractivity (Wildman–Crippen MR) is 83.7 cm³/mol. The van der Waals surface area contributed by atoms with Crippen molar-refractivity contribution in [1.29, 1.82) is 0 Å². The molecule has 0 aromatic heterocycles. The van der Waals surface area contributed by atoms with Gasteiger partial charge in [-0.3, -0.25) is 0 Å². The highest BCUT2D eigenvalue weighted by atomic mass is 35.5. The van der Waals surface area contributed by atoms with Crippen LogP contribution in [0.1, 0.15) is 37.8 Å². The molecule has 0 radical (unpaired) electrons. The molecule has 0 amide bonds. The van der Waals surface area contributed by atoms with Gasteiger partial charge in [-0.1, -0.05) is 25.4 Å². The van der Waals surface area contributed by atoms with Gasteiger partial charge >= 0.3 is 0 Å². The summed E-state index contributed by atoms with van der Waals surface area (Å²) in [4.78, 5) is 0. The van der Waals surface area contributed by atoms with Crippen LogP contribution in [0.15, 0.2) is 12.1 Å². The lowest BCUT2D eigenvalue weighted by molar-refractivity contribution is 0.335. The smallest absolute Gasteiger partial charge is 0.125 e. The third kappa shape index (κ3) is 2.68. The van der Waals surface area contributed by atoms with Crippen LogP contribution in [-0.2, 0) is 12.8 Å². The van der Waals surface area contributed by atoms with E-state index in [1.165, 1.54) is 24.0 Å². The van der Waals surface area contributed by atoms with Crippen LogP contribution in [0.4, 0.5) is 0 Å². The first-order valence-corrected chi connectivity index (χ1v) is 8.24. The van der Waals surface area contributed by atoms with E-state index in [0.29, 0.717) is 6.04 Å². The minimum Gasteiger partial charge on any atom is -0.493 e. The zero-order valence-corrected chi connectivity index (χ0v) is 13.2. The molecule has 3 atom stereocenters. The maximum atomic E-state index is 6.26. The monoisotopic (exact) mass is 293 g/mol. The van der Waals surface area contributed by atoms with E-state index in [0.717, 1.165) is 48.6 Å². The zero-order valence-electron chi connectivity index (χ0n) is 12.4. The number of ether oxygens (including phenoxy) is 1. The van der Waals surface area contributed by atoms with Crippen LogP contribution in [-0.4, -0.2) is 19.2 Å². The molecule has 1 saturated carbocycles. The van der Waals surface area contributed by atoms with E-state index in [2.05, 4.69) is 31.3 Å². The summed E-state index contributed by atoms with van der Waals surface area (Å²) in [5, 5.41) is 4.48. The molecule has 0 spiro atoms. The highest BCUT2D eigenvalue weighted by Crippen LogP contribution is 2.39. The van der Waals surface area contributed by atoms with E-state index in [4.69, 9.17) is 16.3 Å². The Morgan fingerprint density at radius 2 is 2.20 bits per heavy atom. The molecule has 110 valence electrons. The van der Waals surface area contributed by atoms with Gasteiger partial charge in [-0.15, -0.1) is 0 Å². The second kappa shape index (κ2) is 5.95. The SMILES string of the molecule is CCNC1CCC(Cc2cc(Cl)cc3c2OCC3)C1C. The summed E-state index contributed by atoms with van der Waals surface area (Å²) >= 11 is 6.26. The maximum Gasteiger partial charge on any atom is 0.125 e. The van der Waals surface area contributed by atoms with Gasteiger partial charge in [0.05, 0.1) is 6.61 Å². The van der Waals surface area contributed by atoms with E-state index in [9.17, 15) is 0 Å². The van der Waals surface area contributed by atoms with E-state index in [1.54, 1.807) is 0 Å². The average molecular weight is 294 g/mol. The van der Waals surface area contributed by atoms with Gasteiger partial charge in [0, 0.05) is 17.5 Å². The van der Waals surface area contributed by atoms with E-state index in [1.807, 2.05) is 0 Å². The fraction of sp³-hybridized carbons (Fsp3) is 0.647. The van der Waals surface area contributed by atoms with Crippen molar-refractivity contribution in [1.82, 2.24) is 5.32 Å². The molecule has 1 aromatic rings. The van der Waals surface area contributed by atoms with Crippen LogP contribution in [0.5, 0.6) is 5.75 Å². The van der Waals surface area contributed by atoms with E-state index >= 15 is 0 Å². The first-order valence-electron chi connectivity index (χ1n) is 7.86. The minimum atomic E-state index is 0.679. The van der Waals surface area contributed by atoms with Gasteiger partial charge in [0.1, 0.15) is 5.75 Å². The molecule has 0 bridgehead atoms. The van der Waals surface area contributed by atoms with Crippen molar-refractivity contribution < 1.29 is 4.74 Å². The van der Waals surface area contributed by atoms with Crippen LogP contribution >= 0.6 is 11.6 Å². The molecule has 1 heterocycles. The second-order valence-corrected chi connectivity index (χ2v) is 6.65. The summed E-state index contributed by atoms with van der Waals surface area (Å²) in [5.41, 5.74) is 2.61. The summed E-state index contributed by atoms with van der Waals surface area (Å²) in [7, 11) is 0. The molecule has 3 heteroatoms. The Balaban J connectivity index is 1.76. The Kier molecular flexibility index (Phi) is 4.23. The lowest BCUT2D eigenvalue weighted by Crippen LogP contribution is -2.32. The lowest BCUT2D eigenvalue weighted by Gasteiger charge is -2.22. The molecule has 1 fully saturated rings. The van der Waals surface area contributed by atoms with Crippen molar-refractivity contribution in [3.63, 3.8) is 0 Å². The summed E-state index contributed by atoms with van der Waals surface area (Å²) in [6.45, 7) is 6.45. The molecular weight excluding hydrogens is 270 g/mol. The molecule has 0 saturated heterocycles. The van der Waals surface area contributed by atoms with Crippen LogP contribution in [0, 0.1) is 11.8 Å². The van der Waals surface area contributed by atoms with Gasteiger partial charge in [-0.05, 0) is 60.9 Å². The van der Waals surface area contributed by atoms with Crippen molar-refractivity contribution in [2.24, 2.45) is 11.8 Å². The standard InChI is InChI=1S/C17H24ClNO/c1-3-19-16-5-4-12(11(16)2)8-14-10-15(18)9-13-6-7-20-17(13)14/h9-12,16,19H,3-8H2,1-2H3. The molecule has 3 unspecified atom stereocenters. The number of rotatable bonds is 4. The van der Waals surface area contributed by atoms with Crippen molar-refractivity contribution in [3.8, 4) is 5.75 Å². The molecular formula is C17H24ClNO. The fourth-order valence-corrected chi connectivity index (χ4v) is 4.13. The number of fused-ring (bicyclic) bond motifs is 1. The number of halogens is 1. The summed E-state index contributed by atoms with van der Waals surface area (Å²) < 4.78 is 5.83. The Morgan fingerprint density at radius 3 is 3.00 bits per heavy atom. The Bertz CT molecular complexity index is 488. The second-order valence-electron chi connectivity index (χ2n) is 6.22. The first-order chi connectivity index (χ1) is 9.69. The topological polar surface area (TPSA) is 21.3 Å². The number of hydrogen-bond acceptors (Lipinski definition) is 2. The highest BCUT2D eigenvalue weighted by Gasteiger charge is 2.33. The summed E-state index contributed by atoms with van der Waals surface area (Å²) in [6.07, 6.45) is 4.71. The summed E-state index contributed by atoms with van der Waals surface area (Å²) in [5.74, 6) is 2.59. The maximum absolute atomic E-state index is 6.26. The van der Waals surface area contributed by atoms with Crippen molar-refractivity contribution in [2.45, 2.75) is 45.6 Å². The molecule has 1 aliphatic heterocycles. The molecule has 3 rings (SSSR count). The molecule has 1 aromatic carbocycles. The number of benzene rings is 1. The Labute approximate surface area is 126 Å². The fourth-order valence-electron chi connectivity index (χ4n) is 3.87. The highest BCUT2D eigenvalue weighted by molar-refractivity contribution is 6.30. The average Bonchev–Trinajstić information content (AvgIpc) is 3.00. The quantitative estimate of drug-likeness (QED) is 0.911. The normalized spacial score (nSPS) is 28.4. The van der Waals surface area contributed by atoms with Gasteiger partial charge < -0.3 is 10.1 Å². The minimum absolute atomic E-state index is 0.679. The zero-order chi connectivity index (χ0) is 14.1. The first kappa shape index (κ1) is 14.2. The number of nitrogens with one attached hydrogen (secondary N) is 1. The molecule has 20 heavy (non-hydrogen) atoms. The number of hydrogen-bond donors (Lipinski definition) is 1. The van der Waals surface area contributed by atoms with Crippen molar-refractivity contribution in [2.75, 3.05) is 13.2 Å². The molecule has 1 aliphatic carbocycles. The van der Waals surface area contributed by atoms with Crippen LogP contribution in [0.25, 0.3) is 0 Å². The molecule has 2 aliphatic rings. The third-order valence-corrected chi connectivity index (χ3v) is 5.22. The predicted octanol–water partition coefficient (Wildman–Crippen LogP) is 3.84. The molecule has 1 N–H and O–H groups in total. The van der Waals surface area contributed by atoms with Gasteiger partial charge in [0.25, 0.3) is 0 Å². The van der Waals surface area contributed by atoms with Gasteiger partial charge in [0.15, 0.2) is 0 Å². The van der Waals surface area contributed by atoms with Crippen LogP contribution in [0.2, 0.25) is 5.02 Å². The van der Waals surface area contributed by atoms with E-state index < -0.39 is 0 Å². The molecule has 2 nitrogen and oxygen atoms in total. The van der Waals surface area contributed by atoms with Crippen molar-refractivity contribution in [3.05, 3.63) is 28.3 Å². The van der Waals surface area contributed by atoms with Gasteiger partial charge in [0.2, 0.25) is 0 Å². The Morgan fingerprint density at radius 1 is 1.35 bits per heavy atom. The third-order valence-electron chi connectivity index (χ3n) is 5.00. The lowest BCUT2D eigenvalue weighted by atomic mass is 9.88. The summed E-state index contributed by atoms with van der Waals surface area (Å²) in [6, 6.07) is 4.85. The van der Waals surface area contributed by atoms with Gasteiger partial charge in [-0.2, -0.15) is 0 Å². The van der Waals surface area contributed by atoms with Gasteiger partial charge in [-0.25, -0.2) is 0 Å². The largest absolute Gasteiger partial charge is 0.493 e. The van der Waals surface area contributed by atoms with Crippen LogP contribution in [0.3, 0.4) is 0 Å². The van der Waals surface area contributed by atoms with Crippen molar-refractivity contribution >= 4 is 11.6 Å². The van der Waals surface area contributed by atoms with Crippen LogP contribution < -0.4 is 10.1 Å². The Hall–Kier alpha value is -0.730.